The van der Waals surface area contributed by atoms with E-state index in [-0.39, 0.29) is 5.75 Å². The number of aliphatic hydroxyl groups excluding tert-OH is 10. The maximum absolute atomic E-state index is 11.0. The van der Waals surface area contributed by atoms with Crippen LogP contribution >= 0.6 is 27.5 Å². The van der Waals surface area contributed by atoms with Gasteiger partial charge >= 0.3 is 0 Å². The van der Waals surface area contributed by atoms with Crippen molar-refractivity contribution in [2.24, 2.45) is 0 Å². The van der Waals surface area contributed by atoms with Gasteiger partial charge in [0.25, 0.3) is 0 Å². The Morgan fingerprint density at radius 1 is 0.667 bits per heavy atom. The molecular weight excluding hydrogens is 698 g/mol. The minimum atomic E-state index is -1.94. The van der Waals surface area contributed by atoms with Crippen molar-refractivity contribution >= 4 is 38.4 Å². The van der Waals surface area contributed by atoms with Crippen LogP contribution in [0.15, 0.2) is 22.8 Å². The Kier molecular flexibility index (Phi) is 11.3. The number of halogens is 2. The van der Waals surface area contributed by atoms with Crippen LogP contribution in [0.25, 0.3) is 10.9 Å². The summed E-state index contributed by atoms with van der Waals surface area (Å²) in [5, 5.41) is 104. The third-order valence-corrected chi connectivity index (χ3v) is 9.30. The monoisotopic (exact) mass is 731 g/mol. The van der Waals surface area contributed by atoms with Crippen LogP contribution in [-0.4, -0.2) is 168 Å². The van der Waals surface area contributed by atoms with Crippen LogP contribution in [-0.2, 0) is 23.7 Å². The second-order valence-electron chi connectivity index (χ2n) is 10.9. The fourth-order valence-electron chi connectivity index (χ4n) is 5.49. The molecule has 1 aromatic carbocycles. The van der Waals surface area contributed by atoms with Gasteiger partial charge in [-0.2, -0.15) is 0 Å². The topological polar surface area (TPSA) is 273 Å². The predicted octanol–water partition coefficient (Wildman–Crippen LogP) is -3.59. The van der Waals surface area contributed by atoms with Crippen molar-refractivity contribution in [1.82, 2.24) is 4.98 Å². The second kappa shape index (κ2) is 14.5. The van der Waals surface area contributed by atoms with E-state index in [4.69, 9.17) is 40.0 Å². The molecule has 2 aromatic rings. The molecule has 0 bridgehead atoms. The molecule has 15 atom stereocenters. The first-order valence-corrected chi connectivity index (χ1v) is 15.1. The summed E-state index contributed by atoms with van der Waals surface area (Å²) >= 11 is 9.72. The minimum absolute atomic E-state index is 0.175. The number of rotatable bonds is 9. The Balaban J connectivity index is 1.27. The Morgan fingerprint density at radius 2 is 1.16 bits per heavy atom. The average molecular weight is 733 g/mol. The van der Waals surface area contributed by atoms with Gasteiger partial charge in [0.15, 0.2) is 12.6 Å². The molecule has 5 rings (SSSR count). The molecule has 3 aliphatic rings. The van der Waals surface area contributed by atoms with Crippen molar-refractivity contribution < 1.29 is 79.5 Å². The van der Waals surface area contributed by atoms with Gasteiger partial charge in [0.2, 0.25) is 6.29 Å². The molecule has 0 saturated carbocycles. The number of hydrogen-bond acceptors (Lipinski definition) is 16. The van der Waals surface area contributed by atoms with E-state index in [1.165, 1.54) is 6.20 Å². The first kappa shape index (κ1) is 35.0. The largest absolute Gasteiger partial charge is 0.460 e. The molecule has 3 fully saturated rings. The van der Waals surface area contributed by atoms with Gasteiger partial charge < -0.3 is 84.5 Å². The normalized spacial score (nSPS) is 42.6. The smallest absolute Gasteiger partial charge is 0.229 e. The highest BCUT2D eigenvalue weighted by atomic mass is 79.9. The Labute approximate surface area is 268 Å². The van der Waals surface area contributed by atoms with E-state index in [0.717, 1.165) is 0 Å². The summed E-state index contributed by atoms with van der Waals surface area (Å²) in [7, 11) is 0. The summed E-state index contributed by atoms with van der Waals surface area (Å²) in [6.45, 7) is -2.34. The molecule has 19 heteroatoms. The molecule has 0 aliphatic carbocycles. The number of benzene rings is 1. The van der Waals surface area contributed by atoms with Crippen LogP contribution < -0.4 is 4.74 Å². The quantitative estimate of drug-likeness (QED) is 0.119. The lowest BCUT2D eigenvalue weighted by Crippen LogP contribution is -2.66. The van der Waals surface area contributed by atoms with Crippen molar-refractivity contribution in [3.63, 3.8) is 0 Å². The van der Waals surface area contributed by atoms with Crippen LogP contribution in [0, 0.1) is 0 Å². The summed E-state index contributed by atoms with van der Waals surface area (Å²) < 4.78 is 34.1. The van der Waals surface area contributed by atoms with Crippen LogP contribution in [0.1, 0.15) is 0 Å². The maximum atomic E-state index is 11.0. The van der Waals surface area contributed by atoms with Crippen molar-refractivity contribution in [3.8, 4) is 5.75 Å². The molecule has 11 N–H and O–H groups in total. The van der Waals surface area contributed by atoms with Crippen molar-refractivity contribution in [1.29, 1.82) is 0 Å². The predicted molar refractivity (Wildman–Crippen MR) is 151 cm³/mol. The van der Waals surface area contributed by atoms with E-state index in [2.05, 4.69) is 20.9 Å². The lowest BCUT2D eigenvalue weighted by molar-refractivity contribution is -0.376. The number of aromatic amines is 1. The average Bonchev–Trinajstić information content (AvgIpc) is 3.45. The summed E-state index contributed by atoms with van der Waals surface area (Å²) in [6, 6.07) is 3.45. The zero-order chi connectivity index (χ0) is 32.7. The van der Waals surface area contributed by atoms with Gasteiger partial charge in [0, 0.05) is 10.7 Å². The number of hydrogen-bond donors (Lipinski definition) is 11. The van der Waals surface area contributed by atoms with Crippen molar-refractivity contribution in [2.45, 2.75) is 92.1 Å². The number of aliphatic hydroxyl groups is 10. The molecular formula is C26H35BrClNO16. The molecule has 0 amide bonds. The van der Waals surface area contributed by atoms with Crippen molar-refractivity contribution in [2.75, 3.05) is 19.8 Å². The van der Waals surface area contributed by atoms with Gasteiger partial charge in [0.1, 0.15) is 79.0 Å². The van der Waals surface area contributed by atoms with Gasteiger partial charge in [-0.1, -0.05) is 11.6 Å². The highest BCUT2D eigenvalue weighted by Crippen LogP contribution is 2.39. The van der Waals surface area contributed by atoms with E-state index >= 15 is 0 Å². The Hall–Kier alpha value is -1.27. The molecule has 1 aromatic heterocycles. The van der Waals surface area contributed by atoms with Gasteiger partial charge in [-0.05, 0) is 28.1 Å². The first-order valence-electron chi connectivity index (χ1n) is 13.9. The Bertz CT molecular complexity index is 1290. The molecule has 0 unspecified atom stereocenters. The maximum Gasteiger partial charge on any atom is 0.229 e. The van der Waals surface area contributed by atoms with Crippen molar-refractivity contribution in [3.05, 3.63) is 27.8 Å². The summed E-state index contributed by atoms with van der Waals surface area (Å²) in [6.07, 6.45) is -23.6. The lowest BCUT2D eigenvalue weighted by atomic mass is 9.96. The van der Waals surface area contributed by atoms with Gasteiger partial charge in [-0.15, -0.1) is 0 Å². The summed E-state index contributed by atoms with van der Waals surface area (Å²) in [4.78, 5) is 2.96. The van der Waals surface area contributed by atoms with E-state index in [1.54, 1.807) is 12.1 Å². The third-order valence-electron chi connectivity index (χ3n) is 8.02. The standard InChI is InChI=1S/C26H35BrClNO16/c27-7-1-2-8-13(14(7)28)9(3-29-8)40-24-20(38)17(35)22(11(5-31)42-24)45-26-21(39)18(36)23(12(6-32)43-26)44-25-19(37)16(34)15(33)10(4-30)41-25/h1-3,10-12,15-26,29-39H,4-6H2/t10-,11-,12-,15-,16+,17-,18-,19-,20+,21+,22+,23+,24+,25+,26-/m0/s1. The molecule has 0 radical (unpaired) electrons. The van der Waals surface area contributed by atoms with E-state index in [1.807, 2.05) is 0 Å². The van der Waals surface area contributed by atoms with E-state index in [0.29, 0.717) is 20.4 Å². The molecule has 3 aliphatic heterocycles. The fraction of sp³-hybridized carbons (Fsp3) is 0.692. The number of fused-ring (bicyclic) bond motifs is 1. The van der Waals surface area contributed by atoms with Crippen LogP contribution in [0.2, 0.25) is 5.02 Å². The number of aromatic nitrogens is 1. The summed E-state index contributed by atoms with van der Waals surface area (Å²) in [5.74, 6) is 0.175. The van der Waals surface area contributed by atoms with E-state index < -0.39 is 112 Å². The molecule has 4 heterocycles. The zero-order valence-electron chi connectivity index (χ0n) is 23.2. The molecule has 0 spiro atoms. The number of H-pyrrole nitrogens is 1. The third kappa shape index (κ3) is 6.72. The van der Waals surface area contributed by atoms with E-state index in [9.17, 15) is 51.1 Å². The highest BCUT2D eigenvalue weighted by Gasteiger charge is 2.53. The van der Waals surface area contributed by atoms with Gasteiger partial charge in [-0.3, -0.25) is 0 Å². The second-order valence-corrected chi connectivity index (χ2v) is 12.1. The Morgan fingerprint density at radius 3 is 1.71 bits per heavy atom. The van der Waals surface area contributed by atoms with Crippen LogP contribution in [0.5, 0.6) is 5.75 Å². The molecule has 45 heavy (non-hydrogen) atoms. The number of nitrogens with one attached hydrogen (secondary N) is 1. The first-order chi connectivity index (χ1) is 21.4. The minimum Gasteiger partial charge on any atom is -0.460 e. The molecule has 17 nitrogen and oxygen atoms in total. The van der Waals surface area contributed by atoms with Crippen LogP contribution in [0.3, 0.4) is 0 Å². The molecule has 254 valence electrons. The zero-order valence-corrected chi connectivity index (χ0v) is 25.5. The van der Waals surface area contributed by atoms with Crippen LogP contribution in [0.4, 0.5) is 0 Å². The lowest BCUT2D eigenvalue weighted by Gasteiger charge is -2.48. The SMILES string of the molecule is OC[C@@H]1O[C@H](O[C@H]2[C@@H](O)[C@@H](O)[C@H](O[C@H]3[C@@H](O)[C@@H](O)[C@H](Oc4c[nH]c5ccc(Br)c(Cl)c45)O[C@H]3CO)O[C@H]2CO)[C@@H](O)[C@H](O)[C@H]1O. The molecule has 3 saturated heterocycles. The number of ether oxygens (including phenoxy) is 6. The van der Waals surface area contributed by atoms with Gasteiger partial charge in [-0.25, -0.2) is 0 Å². The van der Waals surface area contributed by atoms with Gasteiger partial charge in [0.05, 0.1) is 35.7 Å². The highest BCUT2D eigenvalue weighted by molar-refractivity contribution is 9.10. The summed E-state index contributed by atoms with van der Waals surface area (Å²) in [5.41, 5.74) is 0.609. The fourth-order valence-corrected chi connectivity index (χ4v) is 6.07.